The lowest BCUT2D eigenvalue weighted by atomic mass is 10.1. The van der Waals surface area contributed by atoms with E-state index in [1.54, 1.807) is 4.90 Å². The van der Waals surface area contributed by atoms with Gasteiger partial charge in [-0.15, -0.1) is 0 Å². The van der Waals surface area contributed by atoms with Crippen LogP contribution in [0.25, 0.3) is 11.3 Å². The van der Waals surface area contributed by atoms with E-state index in [0.717, 1.165) is 30.1 Å². The summed E-state index contributed by atoms with van der Waals surface area (Å²) in [5.41, 5.74) is 3.07. The molecule has 0 atom stereocenters. The molecule has 1 aliphatic heterocycles. The molecule has 2 aromatic carbocycles. The Morgan fingerprint density at radius 1 is 1.07 bits per heavy atom. The molecule has 1 aliphatic rings. The molecule has 1 aromatic heterocycles. The molecule has 4 rings (SSSR count). The van der Waals surface area contributed by atoms with Crippen molar-refractivity contribution in [2.75, 3.05) is 32.8 Å². The first kappa shape index (κ1) is 20.1. The zero-order valence-corrected chi connectivity index (χ0v) is 16.9. The second kappa shape index (κ2) is 9.09. The Balaban J connectivity index is 1.24. The van der Waals surface area contributed by atoms with Crippen molar-refractivity contribution in [3.63, 3.8) is 0 Å². The molecule has 7 heteroatoms. The van der Waals surface area contributed by atoms with E-state index in [1.165, 1.54) is 29.8 Å². The Hall–Kier alpha value is -3.19. The normalized spacial score (nSPS) is 14.7. The number of carbonyl (C=O) groups excluding carboxylic acids is 1. The maximum atomic E-state index is 12.9. The first-order valence-electron chi connectivity index (χ1n) is 9.98. The second-order valence-corrected chi connectivity index (χ2v) is 7.44. The van der Waals surface area contributed by atoms with Gasteiger partial charge in [0.2, 0.25) is 0 Å². The van der Waals surface area contributed by atoms with Crippen LogP contribution in [0.5, 0.6) is 5.75 Å². The summed E-state index contributed by atoms with van der Waals surface area (Å²) in [5.74, 6) is 0.894. The van der Waals surface area contributed by atoms with Gasteiger partial charge in [-0.2, -0.15) is 0 Å². The highest BCUT2D eigenvalue weighted by Crippen LogP contribution is 2.21. The number of ether oxygens (including phenoxy) is 1. The lowest BCUT2D eigenvalue weighted by molar-refractivity contribution is -0.135. The minimum Gasteiger partial charge on any atom is -0.484 e. The fourth-order valence-corrected chi connectivity index (χ4v) is 3.39. The molecule has 1 fully saturated rings. The second-order valence-electron chi connectivity index (χ2n) is 7.44. The van der Waals surface area contributed by atoms with Gasteiger partial charge in [-0.05, 0) is 31.2 Å². The van der Waals surface area contributed by atoms with E-state index in [4.69, 9.17) is 9.26 Å². The van der Waals surface area contributed by atoms with E-state index >= 15 is 0 Å². The molecule has 0 bridgehead atoms. The molecular weight excluding hydrogens is 385 g/mol. The molecule has 156 valence electrons. The van der Waals surface area contributed by atoms with Gasteiger partial charge in [0.05, 0.1) is 6.54 Å². The molecule has 0 aliphatic carbocycles. The van der Waals surface area contributed by atoms with Crippen LogP contribution in [-0.2, 0) is 11.3 Å². The topological polar surface area (TPSA) is 58.8 Å². The van der Waals surface area contributed by atoms with Gasteiger partial charge in [0, 0.05) is 37.8 Å². The van der Waals surface area contributed by atoms with Crippen molar-refractivity contribution < 1.29 is 18.4 Å². The summed E-state index contributed by atoms with van der Waals surface area (Å²) in [6, 6.07) is 15.8. The van der Waals surface area contributed by atoms with E-state index in [2.05, 4.69) is 29.1 Å². The number of hydrogen-bond acceptors (Lipinski definition) is 5. The van der Waals surface area contributed by atoms with E-state index < -0.39 is 0 Å². The molecule has 0 saturated carbocycles. The number of amides is 1. The molecule has 0 radical (unpaired) electrons. The van der Waals surface area contributed by atoms with Crippen LogP contribution >= 0.6 is 0 Å². The lowest BCUT2D eigenvalue weighted by Crippen LogP contribution is -2.49. The number of nitrogens with zero attached hydrogens (tertiary/aromatic N) is 3. The van der Waals surface area contributed by atoms with E-state index in [1.807, 2.05) is 18.2 Å². The Morgan fingerprint density at radius 2 is 1.77 bits per heavy atom. The predicted octanol–water partition coefficient (Wildman–Crippen LogP) is 3.51. The smallest absolute Gasteiger partial charge is 0.260 e. The lowest BCUT2D eigenvalue weighted by Gasteiger charge is -2.34. The number of hydrogen-bond donors (Lipinski definition) is 0. The summed E-state index contributed by atoms with van der Waals surface area (Å²) in [5, 5.41) is 4.18. The monoisotopic (exact) mass is 409 g/mol. The highest BCUT2D eigenvalue weighted by Gasteiger charge is 2.22. The molecule has 30 heavy (non-hydrogen) atoms. The third-order valence-corrected chi connectivity index (χ3v) is 5.19. The quantitative estimate of drug-likeness (QED) is 0.624. The largest absolute Gasteiger partial charge is 0.484 e. The van der Waals surface area contributed by atoms with Crippen molar-refractivity contribution in [2.45, 2.75) is 13.5 Å². The van der Waals surface area contributed by atoms with Crippen LogP contribution in [0.4, 0.5) is 4.39 Å². The number of rotatable bonds is 6. The summed E-state index contributed by atoms with van der Waals surface area (Å²) in [7, 11) is 0. The van der Waals surface area contributed by atoms with E-state index in [0.29, 0.717) is 25.4 Å². The minimum atomic E-state index is -0.331. The highest BCUT2D eigenvalue weighted by atomic mass is 19.1. The van der Waals surface area contributed by atoms with Gasteiger partial charge in [0.1, 0.15) is 17.3 Å². The Bertz CT molecular complexity index is 978. The van der Waals surface area contributed by atoms with E-state index in [9.17, 15) is 9.18 Å². The van der Waals surface area contributed by atoms with Gasteiger partial charge in [-0.1, -0.05) is 35.0 Å². The van der Waals surface area contributed by atoms with Crippen LogP contribution in [0.1, 0.15) is 11.3 Å². The van der Waals surface area contributed by atoms with Gasteiger partial charge >= 0.3 is 0 Å². The Kier molecular flexibility index (Phi) is 6.09. The Labute approximate surface area is 174 Å². The van der Waals surface area contributed by atoms with Gasteiger partial charge in [-0.25, -0.2) is 4.39 Å². The molecule has 0 N–H and O–H groups in total. The third kappa shape index (κ3) is 5.04. The maximum absolute atomic E-state index is 12.9. The molecule has 0 unspecified atom stereocenters. The zero-order chi connectivity index (χ0) is 20.9. The van der Waals surface area contributed by atoms with Gasteiger partial charge in [0.25, 0.3) is 5.91 Å². The zero-order valence-electron chi connectivity index (χ0n) is 16.9. The van der Waals surface area contributed by atoms with E-state index in [-0.39, 0.29) is 18.3 Å². The van der Waals surface area contributed by atoms with Gasteiger partial charge in [-0.3, -0.25) is 9.69 Å². The van der Waals surface area contributed by atoms with Gasteiger partial charge in [0.15, 0.2) is 12.4 Å². The molecule has 6 nitrogen and oxygen atoms in total. The average molecular weight is 409 g/mol. The summed E-state index contributed by atoms with van der Waals surface area (Å²) in [6.45, 7) is 5.43. The highest BCUT2D eigenvalue weighted by molar-refractivity contribution is 5.77. The van der Waals surface area contributed by atoms with Crippen LogP contribution in [0, 0.1) is 12.7 Å². The number of carbonyl (C=O) groups is 1. The number of piperazine rings is 1. The summed E-state index contributed by atoms with van der Waals surface area (Å²) in [4.78, 5) is 16.4. The summed E-state index contributed by atoms with van der Waals surface area (Å²) in [6.07, 6.45) is 0. The van der Waals surface area contributed by atoms with Gasteiger partial charge < -0.3 is 14.2 Å². The first-order valence-corrected chi connectivity index (χ1v) is 9.98. The van der Waals surface area contributed by atoms with Crippen LogP contribution < -0.4 is 4.74 Å². The molecular formula is C23H24FN3O3. The van der Waals surface area contributed by atoms with Crippen molar-refractivity contribution in [3.05, 3.63) is 71.7 Å². The third-order valence-electron chi connectivity index (χ3n) is 5.19. The molecule has 1 amide bonds. The number of benzene rings is 2. The fourth-order valence-electron chi connectivity index (χ4n) is 3.39. The molecule has 2 heterocycles. The predicted molar refractivity (Wildman–Crippen MR) is 110 cm³/mol. The number of halogens is 1. The minimum absolute atomic E-state index is 0.0480. The molecule has 3 aromatic rings. The average Bonchev–Trinajstić information content (AvgIpc) is 3.22. The maximum Gasteiger partial charge on any atom is 0.260 e. The van der Waals surface area contributed by atoms with Crippen molar-refractivity contribution >= 4 is 5.91 Å². The molecule has 0 spiro atoms. The van der Waals surface area contributed by atoms with Crippen LogP contribution in [0.2, 0.25) is 0 Å². The van der Waals surface area contributed by atoms with Crippen molar-refractivity contribution in [3.8, 4) is 17.0 Å². The Morgan fingerprint density at radius 3 is 2.47 bits per heavy atom. The first-order chi connectivity index (χ1) is 14.6. The fraction of sp³-hybridized carbons (Fsp3) is 0.304. The summed E-state index contributed by atoms with van der Waals surface area (Å²) >= 11 is 0. The van der Waals surface area contributed by atoms with Crippen molar-refractivity contribution in [1.82, 2.24) is 15.0 Å². The SMILES string of the molecule is Cc1ccc(-c2cc(CN3CCN(C(=O)COc4ccc(F)cc4)CC3)on2)cc1. The summed E-state index contributed by atoms with van der Waals surface area (Å²) < 4.78 is 23.9. The standard InChI is InChI=1S/C23H24FN3O3/c1-17-2-4-18(5-3-17)22-14-21(30-25-22)15-26-10-12-27(13-11-26)23(28)16-29-20-8-6-19(24)7-9-20/h2-9,14H,10-13,15-16H2,1H3. The van der Waals surface area contributed by atoms with Crippen molar-refractivity contribution in [2.24, 2.45) is 0 Å². The van der Waals surface area contributed by atoms with Crippen LogP contribution in [0.3, 0.4) is 0 Å². The number of aryl methyl sites for hydroxylation is 1. The van der Waals surface area contributed by atoms with Crippen LogP contribution in [-0.4, -0.2) is 53.6 Å². The van der Waals surface area contributed by atoms with Crippen molar-refractivity contribution in [1.29, 1.82) is 0 Å². The van der Waals surface area contributed by atoms with Crippen LogP contribution in [0.15, 0.2) is 59.1 Å². The number of aromatic nitrogens is 1. The molecule has 1 saturated heterocycles.